The van der Waals surface area contributed by atoms with Crippen molar-refractivity contribution in [3.05, 3.63) is 35.4 Å². The summed E-state index contributed by atoms with van der Waals surface area (Å²) < 4.78 is 38.1. The summed E-state index contributed by atoms with van der Waals surface area (Å²) in [6.45, 7) is 1.72. The molecule has 1 N–H and O–H groups in total. The number of hydrogen-bond acceptors (Lipinski definition) is 1. The van der Waals surface area contributed by atoms with Crippen molar-refractivity contribution in [3.8, 4) is 0 Å². The van der Waals surface area contributed by atoms with Crippen molar-refractivity contribution in [1.82, 2.24) is 5.32 Å². The predicted molar refractivity (Wildman–Crippen MR) is 74.6 cm³/mol. The third kappa shape index (κ3) is 4.22. The van der Waals surface area contributed by atoms with Crippen LogP contribution in [0.2, 0.25) is 0 Å². The summed E-state index contributed by atoms with van der Waals surface area (Å²) in [4.78, 5) is 12.1. The number of alkyl halides is 3. The predicted octanol–water partition coefficient (Wildman–Crippen LogP) is 4.46. The van der Waals surface area contributed by atoms with E-state index in [0.717, 1.165) is 44.2 Å². The lowest BCUT2D eigenvalue weighted by Gasteiger charge is -2.23. The van der Waals surface area contributed by atoms with Gasteiger partial charge in [-0.15, -0.1) is 0 Å². The molecule has 0 heterocycles. The Bertz CT molecular complexity index is 493. The first-order valence-corrected chi connectivity index (χ1v) is 7.35. The average Bonchev–Trinajstić information content (AvgIpc) is 2.47. The van der Waals surface area contributed by atoms with Crippen LogP contribution in [0.15, 0.2) is 24.3 Å². The molecule has 1 aromatic rings. The van der Waals surface area contributed by atoms with Crippen LogP contribution < -0.4 is 5.32 Å². The van der Waals surface area contributed by atoms with Crippen molar-refractivity contribution >= 4 is 5.91 Å². The van der Waals surface area contributed by atoms with Crippen LogP contribution >= 0.6 is 0 Å². The fourth-order valence-corrected chi connectivity index (χ4v) is 2.76. The summed E-state index contributed by atoms with van der Waals surface area (Å²) in [5, 5.41) is 2.84. The second-order valence-electron chi connectivity index (χ2n) is 5.69. The Morgan fingerprint density at radius 2 is 1.90 bits per heavy atom. The quantitative estimate of drug-likeness (QED) is 0.877. The third-order valence-corrected chi connectivity index (χ3v) is 4.05. The van der Waals surface area contributed by atoms with Crippen LogP contribution in [0.25, 0.3) is 0 Å². The van der Waals surface area contributed by atoms with Crippen molar-refractivity contribution in [2.75, 3.05) is 0 Å². The number of benzene rings is 1. The summed E-state index contributed by atoms with van der Waals surface area (Å²) in [7, 11) is 0. The molecule has 0 bridgehead atoms. The Hall–Kier alpha value is -1.52. The molecule has 2 rings (SSSR count). The van der Waals surface area contributed by atoms with Gasteiger partial charge in [0, 0.05) is 5.92 Å². The molecule has 1 aliphatic rings. The highest BCUT2D eigenvalue weighted by Gasteiger charge is 2.31. The van der Waals surface area contributed by atoms with Crippen LogP contribution in [-0.2, 0) is 11.0 Å². The Morgan fingerprint density at radius 1 is 1.24 bits per heavy atom. The lowest BCUT2D eigenvalue weighted by atomic mass is 9.88. The Kier molecular flexibility index (Phi) is 4.91. The molecule has 1 aliphatic carbocycles. The number of rotatable bonds is 3. The molecule has 1 aromatic carbocycles. The average molecular weight is 299 g/mol. The van der Waals surface area contributed by atoms with E-state index in [0.29, 0.717) is 5.56 Å². The highest BCUT2D eigenvalue weighted by Crippen LogP contribution is 2.31. The monoisotopic (exact) mass is 299 g/mol. The van der Waals surface area contributed by atoms with E-state index in [9.17, 15) is 18.0 Å². The van der Waals surface area contributed by atoms with Crippen LogP contribution in [0.3, 0.4) is 0 Å². The van der Waals surface area contributed by atoms with Gasteiger partial charge in [-0.25, -0.2) is 0 Å². The number of carbonyl (C=O) groups is 1. The van der Waals surface area contributed by atoms with Gasteiger partial charge in [0.2, 0.25) is 5.91 Å². The van der Waals surface area contributed by atoms with Crippen molar-refractivity contribution in [1.29, 1.82) is 0 Å². The first kappa shape index (κ1) is 15.9. The SMILES string of the molecule is C[C@H](NC(=O)C1CCCCC1)c1cccc(C(F)(F)F)c1. The number of nitrogens with one attached hydrogen (secondary N) is 1. The van der Waals surface area contributed by atoms with E-state index >= 15 is 0 Å². The summed E-state index contributed by atoms with van der Waals surface area (Å²) in [5.74, 6) is -0.0355. The molecule has 21 heavy (non-hydrogen) atoms. The fourth-order valence-electron chi connectivity index (χ4n) is 2.76. The minimum atomic E-state index is -4.36. The Labute approximate surface area is 122 Å². The summed E-state index contributed by atoms with van der Waals surface area (Å²) >= 11 is 0. The van der Waals surface area contributed by atoms with Gasteiger partial charge in [0.25, 0.3) is 0 Å². The van der Waals surface area contributed by atoms with Crippen LogP contribution in [0, 0.1) is 5.92 Å². The number of hydrogen-bond donors (Lipinski definition) is 1. The van der Waals surface area contributed by atoms with E-state index in [2.05, 4.69) is 5.32 Å². The van der Waals surface area contributed by atoms with Gasteiger partial charge in [0.05, 0.1) is 11.6 Å². The van der Waals surface area contributed by atoms with E-state index in [-0.39, 0.29) is 11.8 Å². The van der Waals surface area contributed by atoms with Gasteiger partial charge in [-0.3, -0.25) is 4.79 Å². The van der Waals surface area contributed by atoms with Crippen LogP contribution in [0.4, 0.5) is 13.2 Å². The van der Waals surface area contributed by atoms with Gasteiger partial charge in [-0.2, -0.15) is 13.2 Å². The van der Waals surface area contributed by atoms with E-state index in [1.807, 2.05) is 0 Å². The van der Waals surface area contributed by atoms with E-state index in [4.69, 9.17) is 0 Å². The summed E-state index contributed by atoms with van der Waals surface area (Å²) in [5.41, 5.74) is -0.201. The molecule has 2 nitrogen and oxygen atoms in total. The van der Waals surface area contributed by atoms with Crippen LogP contribution in [0.5, 0.6) is 0 Å². The fraction of sp³-hybridized carbons (Fsp3) is 0.562. The maximum Gasteiger partial charge on any atom is 0.416 e. The molecule has 0 spiro atoms. The van der Waals surface area contributed by atoms with E-state index < -0.39 is 17.8 Å². The summed E-state index contributed by atoms with van der Waals surface area (Å²) in [6, 6.07) is 4.72. The molecule has 0 unspecified atom stereocenters. The highest BCUT2D eigenvalue weighted by molar-refractivity contribution is 5.79. The Balaban J connectivity index is 2.02. The van der Waals surface area contributed by atoms with Crippen molar-refractivity contribution in [2.45, 2.75) is 51.2 Å². The lowest BCUT2D eigenvalue weighted by molar-refractivity contribution is -0.137. The first-order valence-electron chi connectivity index (χ1n) is 7.35. The van der Waals surface area contributed by atoms with Gasteiger partial charge >= 0.3 is 6.18 Å². The van der Waals surface area contributed by atoms with Gasteiger partial charge in [-0.05, 0) is 37.5 Å². The molecule has 0 aliphatic heterocycles. The molecular formula is C16H20F3NO. The maximum atomic E-state index is 12.7. The molecule has 0 radical (unpaired) electrons. The molecule has 1 fully saturated rings. The van der Waals surface area contributed by atoms with Crippen molar-refractivity contribution in [3.63, 3.8) is 0 Å². The summed E-state index contributed by atoms with van der Waals surface area (Å²) in [6.07, 6.45) is 0.657. The zero-order valence-electron chi connectivity index (χ0n) is 12.0. The number of carbonyl (C=O) groups excluding carboxylic acids is 1. The topological polar surface area (TPSA) is 29.1 Å². The lowest BCUT2D eigenvalue weighted by Crippen LogP contribution is -2.33. The van der Waals surface area contributed by atoms with Crippen molar-refractivity contribution in [2.24, 2.45) is 5.92 Å². The highest BCUT2D eigenvalue weighted by atomic mass is 19.4. The molecule has 0 aromatic heterocycles. The standard InChI is InChI=1S/C16H20F3NO/c1-11(20-15(21)12-6-3-2-4-7-12)13-8-5-9-14(10-13)16(17,18)19/h5,8-12H,2-4,6-7H2,1H3,(H,20,21)/t11-/m0/s1. The van der Waals surface area contributed by atoms with Crippen LogP contribution in [-0.4, -0.2) is 5.91 Å². The molecule has 1 atom stereocenters. The maximum absolute atomic E-state index is 12.7. The minimum absolute atomic E-state index is 0.00648. The largest absolute Gasteiger partial charge is 0.416 e. The zero-order chi connectivity index (χ0) is 15.5. The van der Waals surface area contributed by atoms with Gasteiger partial charge in [0.1, 0.15) is 0 Å². The van der Waals surface area contributed by atoms with Gasteiger partial charge in [0.15, 0.2) is 0 Å². The molecule has 0 saturated heterocycles. The van der Waals surface area contributed by atoms with Gasteiger partial charge in [-0.1, -0.05) is 31.4 Å². The zero-order valence-corrected chi connectivity index (χ0v) is 12.0. The van der Waals surface area contributed by atoms with Gasteiger partial charge < -0.3 is 5.32 Å². The number of amides is 1. The first-order chi connectivity index (χ1) is 9.88. The van der Waals surface area contributed by atoms with Crippen LogP contribution in [0.1, 0.15) is 56.2 Å². The minimum Gasteiger partial charge on any atom is -0.349 e. The molecule has 116 valence electrons. The molecule has 1 amide bonds. The number of halogens is 3. The Morgan fingerprint density at radius 3 is 2.52 bits per heavy atom. The molecule has 1 saturated carbocycles. The van der Waals surface area contributed by atoms with E-state index in [1.165, 1.54) is 6.07 Å². The third-order valence-electron chi connectivity index (χ3n) is 4.05. The second kappa shape index (κ2) is 6.50. The second-order valence-corrected chi connectivity index (χ2v) is 5.69. The van der Waals surface area contributed by atoms with E-state index in [1.54, 1.807) is 13.0 Å². The van der Waals surface area contributed by atoms with Crippen molar-refractivity contribution < 1.29 is 18.0 Å². The molecular weight excluding hydrogens is 279 g/mol. The molecule has 5 heteroatoms. The smallest absolute Gasteiger partial charge is 0.349 e. The normalized spacial score (nSPS) is 18.3.